The van der Waals surface area contributed by atoms with Gasteiger partial charge in [-0.05, 0) is 74.1 Å². The molecule has 5 nitrogen and oxygen atoms in total. The van der Waals surface area contributed by atoms with Gasteiger partial charge in [-0.3, -0.25) is 4.40 Å². The van der Waals surface area contributed by atoms with Crippen molar-refractivity contribution in [3.05, 3.63) is 59.1 Å². The quantitative estimate of drug-likeness (QED) is 0.353. The summed E-state index contributed by atoms with van der Waals surface area (Å²) in [6.07, 6.45) is 5.94. The largest absolute Gasteiger partial charge is 0.326 e. The van der Waals surface area contributed by atoms with Crippen molar-refractivity contribution in [3.8, 4) is 0 Å². The van der Waals surface area contributed by atoms with Gasteiger partial charge in [-0.1, -0.05) is 31.9 Å². The fourth-order valence-corrected chi connectivity index (χ4v) is 3.79. The smallest absolute Gasteiger partial charge is 0.257 e. The highest BCUT2D eigenvalue weighted by Gasteiger charge is 2.34. The van der Waals surface area contributed by atoms with Crippen LogP contribution in [-0.4, -0.2) is 26.1 Å². The lowest BCUT2D eigenvalue weighted by molar-refractivity contribution is 0.551. The van der Waals surface area contributed by atoms with Gasteiger partial charge in [0.2, 0.25) is 0 Å². The molecule has 31 heavy (non-hydrogen) atoms. The SMILES string of the molecule is CCC1(C)CC1.CCN(c1cc(C)cc(F)c1)c1nc2nncn2c2cc(Cl)ccc12. The van der Waals surface area contributed by atoms with Crippen LogP contribution in [-0.2, 0) is 0 Å². The van der Waals surface area contributed by atoms with Crippen LogP contribution in [0.4, 0.5) is 15.9 Å². The Morgan fingerprint density at radius 2 is 1.94 bits per heavy atom. The van der Waals surface area contributed by atoms with Crippen LogP contribution in [0, 0.1) is 18.2 Å². The van der Waals surface area contributed by atoms with Crippen molar-refractivity contribution >= 4 is 39.8 Å². The molecule has 0 spiro atoms. The van der Waals surface area contributed by atoms with E-state index >= 15 is 0 Å². The summed E-state index contributed by atoms with van der Waals surface area (Å²) >= 11 is 6.17. The molecule has 2 aromatic carbocycles. The number of nitrogens with zero attached hydrogens (tertiary/aromatic N) is 5. The first-order chi connectivity index (χ1) is 14.8. The summed E-state index contributed by atoms with van der Waals surface area (Å²) in [6, 6.07) is 10.5. The maximum absolute atomic E-state index is 13.9. The van der Waals surface area contributed by atoms with Gasteiger partial charge in [-0.25, -0.2) is 4.39 Å². The molecule has 1 aliphatic rings. The van der Waals surface area contributed by atoms with Gasteiger partial charge in [0.1, 0.15) is 18.0 Å². The minimum atomic E-state index is -0.274. The topological polar surface area (TPSA) is 46.3 Å². The molecule has 0 N–H and O–H groups in total. The number of fused-ring (bicyclic) bond motifs is 3. The summed E-state index contributed by atoms with van der Waals surface area (Å²) in [5.41, 5.74) is 3.24. The van der Waals surface area contributed by atoms with Gasteiger partial charge >= 0.3 is 0 Å². The zero-order chi connectivity index (χ0) is 22.2. The molecule has 0 atom stereocenters. The summed E-state index contributed by atoms with van der Waals surface area (Å²) in [4.78, 5) is 6.61. The molecule has 0 amide bonds. The zero-order valence-corrected chi connectivity index (χ0v) is 19.1. The molecule has 2 heterocycles. The lowest BCUT2D eigenvalue weighted by Gasteiger charge is -2.24. The van der Waals surface area contributed by atoms with Crippen LogP contribution < -0.4 is 4.90 Å². The Labute approximate surface area is 186 Å². The molecular weight excluding hydrogens is 413 g/mol. The van der Waals surface area contributed by atoms with Gasteiger partial charge in [-0.2, -0.15) is 4.98 Å². The molecule has 7 heteroatoms. The molecule has 0 unspecified atom stereocenters. The van der Waals surface area contributed by atoms with Crippen molar-refractivity contribution in [2.75, 3.05) is 11.4 Å². The van der Waals surface area contributed by atoms with E-state index in [9.17, 15) is 4.39 Å². The Morgan fingerprint density at radius 3 is 2.55 bits per heavy atom. The van der Waals surface area contributed by atoms with Crippen molar-refractivity contribution in [2.45, 2.75) is 47.0 Å². The predicted molar refractivity (Wildman–Crippen MR) is 125 cm³/mol. The van der Waals surface area contributed by atoms with Crippen molar-refractivity contribution in [2.24, 2.45) is 5.41 Å². The highest BCUT2D eigenvalue weighted by molar-refractivity contribution is 6.31. The maximum Gasteiger partial charge on any atom is 0.257 e. The van der Waals surface area contributed by atoms with Crippen LogP contribution in [0.1, 0.15) is 45.6 Å². The van der Waals surface area contributed by atoms with Crippen LogP contribution in [0.3, 0.4) is 0 Å². The number of hydrogen-bond acceptors (Lipinski definition) is 4. The molecule has 1 fully saturated rings. The average molecular weight is 440 g/mol. The van der Waals surface area contributed by atoms with Gasteiger partial charge in [-0.15, -0.1) is 10.2 Å². The van der Waals surface area contributed by atoms with Crippen molar-refractivity contribution in [3.63, 3.8) is 0 Å². The predicted octanol–water partition coefficient (Wildman–Crippen LogP) is 6.73. The fraction of sp³-hybridized carbons (Fsp3) is 0.375. The van der Waals surface area contributed by atoms with Gasteiger partial charge in [0.25, 0.3) is 5.78 Å². The molecule has 5 rings (SSSR count). The number of anilines is 2. The summed E-state index contributed by atoms with van der Waals surface area (Å²) in [6.45, 7) is 9.11. The molecule has 162 valence electrons. The van der Waals surface area contributed by atoms with E-state index < -0.39 is 0 Å². The van der Waals surface area contributed by atoms with E-state index in [1.165, 1.54) is 31.4 Å². The number of halogens is 2. The lowest BCUT2D eigenvalue weighted by atomic mass is 10.1. The Kier molecular flexibility index (Phi) is 5.84. The van der Waals surface area contributed by atoms with Crippen molar-refractivity contribution in [1.29, 1.82) is 0 Å². The summed E-state index contributed by atoms with van der Waals surface area (Å²) in [7, 11) is 0. The number of rotatable bonds is 4. The van der Waals surface area contributed by atoms with Crippen LogP contribution in [0.2, 0.25) is 5.02 Å². The molecule has 1 saturated carbocycles. The van der Waals surface area contributed by atoms with E-state index in [2.05, 4.69) is 29.0 Å². The number of hydrogen-bond donors (Lipinski definition) is 0. The monoisotopic (exact) mass is 439 g/mol. The lowest BCUT2D eigenvalue weighted by Crippen LogP contribution is -2.19. The fourth-order valence-electron chi connectivity index (χ4n) is 3.62. The summed E-state index contributed by atoms with van der Waals surface area (Å²) in [5.74, 6) is 0.889. The van der Waals surface area contributed by atoms with Crippen molar-refractivity contribution in [1.82, 2.24) is 19.6 Å². The van der Waals surface area contributed by atoms with E-state index in [1.54, 1.807) is 10.7 Å². The third kappa shape index (κ3) is 4.49. The molecule has 4 aromatic rings. The number of aromatic nitrogens is 4. The number of aryl methyl sites for hydroxylation is 1. The maximum atomic E-state index is 13.9. The molecule has 0 radical (unpaired) electrons. The van der Waals surface area contributed by atoms with E-state index in [0.717, 1.165) is 27.6 Å². The van der Waals surface area contributed by atoms with Crippen LogP contribution in [0.15, 0.2) is 42.7 Å². The standard InChI is InChI=1S/C18H15ClFN5.C6H12/c1-3-24(14-7-11(2)6-13(20)9-14)17-15-5-4-12(19)8-16(15)25-10-21-23-18(25)22-17;1-3-6(2)4-5-6/h4-10H,3H2,1-2H3;3-5H2,1-2H3. The molecule has 2 aromatic heterocycles. The summed E-state index contributed by atoms with van der Waals surface area (Å²) < 4.78 is 15.7. The Balaban J connectivity index is 0.000000334. The van der Waals surface area contributed by atoms with E-state index in [-0.39, 0.29) is 5.82 Å². The third-order valence-corrected chi connectivity index (χ3v) is 6.30. The van der Waals surface area contributed by atoms with Gasteiger partial charge in [0.15, 0.2) is 0 Å². The Morgan fingerprint density at radius 1 is 1.16 bits per heavy atom. The van der Waals surface area contributed by atoms with Crippen LogP contribution in [0.5, 0.6) is 0 Å². The van der Waals surface area contributed by atoms with Gasteiger partial charge in [0, 0.05) is 22.6 Å². The number of benzene rings is 2. The first kappa shape index (κ1) is 21.5. The minimum Gasteiger partial charge on any atom is -0.326 e. The van der Waals surface area contributed by atoms with Gasteiger partial charge in [0.05, 0.1) is 5.52 Å². The molecule has 0 aliphatic heterocycles. The van der Waals surface area contributed by atoms with Crippen LogP contribution >= 0.6 is 11.6 Å². The van der Waals surface area contributed by atoms with E-state index in [0.29, 0.717) is 23.2 Å². The highest BCUT2D eigenvalue weighted by atomic mass is 35.5. The zero-order valence-electron chi connectivity index (χ0n) is 18.4. The van der Waals surface area contributed by atoms with E-state index in [1.807, 2.05) is 43.0 Å². The third-order valence-electron chi connectivity index (χ3n) is 6.06. The van der Waals surface area contributed by atoms with Gasteiger partial charge < -0.3 is 4.90 Å². The van der Waals surface area contributed by atoms with E-state index in [4.69, 9.17) is 11.6 Å². The minimum absolute atomic E-state index is 0.274. The second kappa shape index (κ2) is 8.42. The first-order valence-corrected chi connectivity index (χ1v) is 11.0. The van der Waals surface area contributed by atoms with Crippen LogP contribution in [0.25, 0.3) is 16.7 Å². The molecule has 0 bridgehead atoms. The normalized spacial score (nSPS) is 14.4. The second-order valence-corrected chi connectivity index (χ2v) is 8.93. The second-order valence-electron chi connectivity index (χ2n) is 8.49. The highest BCUT2D eigenvalue weighted by Crippen LogP contribution is 2.47. The molecule has 1 aliphatic carbocycles. The van der Waals surface area contributed by atoms with Crippen molar-refractivity contribution < 1.29 is 4.39 Å². The molecular formula is C24H27ClFN5. The summed E-state index contributed by atoms with van der Waals surface area (Å²) in [5, 5.41) is 9.50. The molecule has 0 saturated heterocycles. The average Bonchev–Trinajstić information content (AvgIpc) is 3.29. The Hall–Kier alpha value is -2.73. The first-order valence-electron chi connectivity index (χ1n) is 10.7. The Bertz CT molecular complexity index is 1210.